The second-order valence-corrected chi connectivity index (χ2v) is 5.87. The molecule has 0 bridgehead atoms. The summed E-state index contributed by atoms with van der Waals surface area (Å²) in [6.45, 7) is 7.22. The van der Waals surface area contributed by atoms with E-state index in [0.29, 0.717) is 11.3 Å². The van der Waals surface area contributed by atoms with Crippen molar-refractivity contribution in [3.05, 3.63) is 18.2 Å². The van der Waals surface area contributed by atoms with Crippen LogP contribution < -0.4 is 0 Å². The molecule has 17 heavy (non-hydrogen) atoms. The molecule has 2 heterocycles. The van der Waals surface area contributed by atoms with E-state index in [-0.39, 0.29) is 0 Å². The van der Waals surface area contributed by atoms with E-state index in [1.807, 2.05) is 6.20 Å². The maximum Gasteiger partial charge on any atom is 0.111 e. The number of imidazole rings is 1. The Balaban J connectivity index is 2.14. The molecule has 0 spiro atoms. The molecule has 4 heteroatoms. The second-order valence-electron chi connectivity index (χ2n) is 5.31. The maximum atomic E-state index is 5.48. The summed E-state index contributed by atoms with van der Waals surface area (Å²) in [4.78, 5) is 4.46. The van der Waals surface area contributed by atoms with E-state index < -0.39 is 0 Å². The molecule has 1 aromatic rings. The Morgan fingerprint density at radius 2 is 2.18 bits per heavy atom. The molecule has 0 unspecified atom stereocenters. The van der Waals surface area contributed by atoms with Gasteiger partial charge in [-0.15, -0.1) is 0 Å². The van der Waals surface area contributed by atoms with E-state index in [1.54, 1.807) is 0 Å². The highest BCUT2D eigenvalue weighted by molar-refractivity contribution is 9.09. The van der Waals surface area contributed by atoms with Gasteiger partial charge in [0.1, 0.15) is 5.82 Å². The van der Waals surface area contributed by atoms with Gasteiger partial charge in [-0.05, 0) is 12.8 Å². The average Bonchev–Trinajstić information content (AvgIpc) is 2.78. The lowest BCUT2D eigenvalue weighted by Gasteiger charge is -2.36. The molecule has 0 aromatic carbocycles. The highest BCUT2D eigenvalue weighted by atomic mass is 79.9. The number of rotatable bonds is 4. The Hall–Kier alpha value is -0.350. The molecule has 3 nitrogen and oxygen atoms in total. The van der Waals surface area contributed by atoms with Crippen molar-refractivity contribution < 1.29 is 4.74 Å². The van der Waals surface area contributed by atoms with Crippen LogP contribution in [0.1, 0.15) is 38.4 Å². The van der Waals surface area contributed by atoms with Gasteiger partial charge in [-0.2, -0.15) is 0 Å². The number of alkyl halides is 1. The summed E-state index contributed by atoms with van der Waals surface area (Å²) in [5.41, 5.74) is 0.336. The third-order valence-corrected chi connectivity index (χ3v) is 4.80. The molecule has 0 amide bonds. The summed E-state index contributed by atoms with van der Waals surface area (Å²) in [5.74, 6) is 1.68. The molecule has 1 saturated heterocycles. The molecular formula is C13H21BrN2O. The minimum Gasteiger partial charge on any atom is -0.381 e. The molecule has 0 aliphatic carbocycles. The monoisotopic (exact) mass is 300 g/mol. The van der Waals surface area contributed by atoms with Crippen LogP contribution in [-0.4, -0.2) is 28.1 Å². The first-order chi connectivity index (χ1) is 8.17. The van der Waals surface area contributed by atoms with Gasteiger partial charge in [0.2, 0.25) is 0 Å². The number of nitrogens with zero attached hydrogens (tertiary/aromatic N) is 2. The smallest absolute Gasteiger partial charge is 0.111 e. The predicted molar refractivity (Wildman–Crippen MR) is 72.6 cm³/mol. The number of ether oxygens (including phenoxy) is 1. The van der Waals surface area contributed by atoms with Crippen LogP contribution in [0.2, 0.25) is 0 Å². The first kappa shape index (κ1) is 13.1. The Bertz CT molecular complexity index is 356. The lowest BCUT2D eigenvalue weighted by molar-refractivity contribution is 0.0181. The zero-order valence-corrected chi connectivity index (χ0v) is 12.2. The van der Waals surface area contributed by atoms with Crippen molar-refractivity contribution in [2.45, 2.75) is 39.2 Å². The van der Waals surface area contributed by atoms with Gasteiger partial charge >= 0.3 is 0 Å². The van der Waals surface area contributed by atoms with Gasteiger partial charge in [-0.1, -0.05) is 29.8 Å². The van der Waals surface area contributed by atoms with Crippen molar-refractivity contribution in [1.29, 1.82) is 0 Å². The van der Waals surface area contributed by atoms with Gasteiger partial charge in [0.05, 0.1) is 0 Å². The number of hydrogen-bond acceptors (Lipinski definition) is 2. The Labute approximate surface area is 112 Å². The molecule has 1 aliphatic rings. The van der Waals surface area contributed by atoms with E-state index in [1.165, 1.54) is 5.82 Å². The molecule has 1 fully saturated rings. The van der Waals surface area contributed by atoms with Gasteiger partial charge in [0.15, 0.2) is 0 Å². The van der Waals surface area contributed by atoms with Gasteiger partial charge in [0, 0.05) is 48.8 Å². The molecule has 2 rings (SSSR count). The second kappa shape index (κ2) is 5.53. The summed E-state index contributed by atoms with van der Waals surface area (Å²) >= 11 is 3.69. The van der Waals surface area contributed by atoms with Crippen LogP contribution in [-0.2, 0) is 11.3 Å². The van der Waals surface area contributed by atoms with Gasteiger partial charge in [0.25, 0.3) is 0 Å². The predicted octanol–water partition coefficient (Wildman–Crippen LogP) is 3.20. The fourth-order valence-electron chi connectivity index (χ4n) is 2.45. The summed E-state index contributed by atoms with van der Waals surface area (Å²) in [5, 5.41) is 1.04. The maximum absolute atomic E-state index is 5.48. The topological polar surface area (TPSA) is 27.1 Å². The zero-order valence-electron chi connectivity index (χ0n) is 10.7. The minimum absolute atomic E-state index is 0.336. The third-order valence-electron chi connectivity index (χ3n) is 3.61. The van der Waals surface area contributed by atoms with E-state index in [4.69, 9.17) is 4.74 Å². The van der Waals surface area contributed by atoms with Crippen molar-refractivity contribution in [2.75, 3.05) is 18.5 Å². The molecule has 0 atom stereocenters. The Morgan fingerprint density at radius 3 is 2.76 bits per heavy atom. The Morgan fingerprint density at radius 1 is 1.47 bits per heavy atom. The quantitative estimate of drug-likeness (QED) is 0.799. The molecule has 1 aliphatic heterocycles. The van der Waals surface area contributed by atoms with Crippen LogP contribution in [0.25, 0.3) is 0 Å². The van der Waals surface area contributed by atoms with Crippen LogP contribution in [0.4, 0.5) is 0 Å². The van der Waals surface area contributed by atoms with E-state index in [0.717, 1.165) is 37.9 Å². The molecule has 0 N–H and O–H groups in total. The van der Waals surface area contributed by atoms with Crippen molar-refractivity contribution >= 4 is 15.9 Å². The fourth-order valence-corrected chi connectivity index (χ4v) is 3.19. The van der Waals surface area contributed by atoms with Gasteiger partial charge < -0.3 is 9.30 Å². The van der Waals surface area contributed by atoms with Gasteiger partial charge in [-0.25, -0.2) is 4.98 Å². The number of halogens is 1. The van der Waals surface area contributed by atoms with Gasteiger partial charge in [-0.3, -0.25) is 0 Å². The van der Waals surface area contributed by atoms with E-state index in [9.17, 15) is 0 Å². The highest BCUT2D eigenvalue weighted by Crippen LogP contribution is 2.35. The standard InChI is InChI=1S/C13H21BrN2O/c1-11(2)12-15-5-6-16(12)10-13(9-14)3-7-17-8-4-13/h5-6,11H,3-4,7-10H2,1-2H3. The molecular weight excluding hydrogens is 280 g/mol. The highest BCUT2D eigenvalue weighted by Gasteiger charge is 2.32. The summed E-state index contributed by atoms with van der Waals surface area (Å²) in [6.07, 6.45) is 6.29. The SMILES string of the molecule is CC(C)c1nccn1CC1(CBr)CCOCC1. The van der Waals surface area contributed by atoms with Crippen molar-refractivity contribution in [3.8, 4) is 0 Å². The summed E-state index contributed by atoms with van der Waals surface area (Å²) in [6, 6.07) is 0. The van der Waals surface area contributed by atoms with Crippen LogP contribution in [0.15, 0.2) is 12.4 Å². The molecule has 0 saturated carbocycles. The summed E-state index contributed by atoms with van der Waals surface area (Å²) in [7, 11) is 0. The lowest BCUT2D eigenvalue weighted by atomic mass is 9.82. The fraction of sp³-hybridized carbons (Fsp3) is 0.769. The lowest BCUT2D eigenvalue weighted by Crippen LogP contribution is -2.35. The normalized spacial score (nSPS) is 19.8. The van der Waals surface area contributed by atoms with Crippen molar-refractivity contribution in [3.63, 3.8) is 0 Å². The summed E-state index contributed by atoms with van der Waals surface area (Å²) < 4.78 is 7.79. The van der Waals surface area contributed by atoms with E-state index >= 15 is 0 Å². The minimum atomic E-state index is 0.336. The van der Waals surface area contributed by atoms with Crippen LogP contribution in [0.5, 0.6) is 0 Å². The van der Waals surface area contributed by atoms with Crippen LogP contribution in [0.3, 0.4) is 0 Å². The van der Waals surface area contributed by atoms with Crippen molar-refractivity contribution in [1.82, 2.24) is 9.55 Å². The first-order valence-corrected chi connectivity index (χ1v) is 7.44. The Kier molecular flexibility index (Phi) is 4.26. The third kappa shape index (κ3) is 2.91. The molecule has 0 radical (unpaired) electrons. The average molecular weight is 301 g/mol. The first-order valence-electron chi connectivity index (χ1n) is 6.32. The number of aromatic nitrogens is 2. The zero-order chi connectivity index (χ0) is 12.3. The van der Waals surface area contributed by atoms with Crippen LogP contribution >= 0.6 is 15.9 Å². The number of hydrogen-bond donors (Lipinski definition) is 0. The molecule has 96 valence electrons. The van der Waals surface area contributed by atoms with Crippen LogP contribution in [0, 0.1) is 5.41 Å². The largest absolute Gasteiger partial charge is 0.381 e. The van der Waals surface area contributed by atoms with E-state index in [2.05, 4.69) is 45.5 Å². The van der Waals surface area contributed by atoms with Crippen molar-refractivity contribution in [2.24, 2.45) is 5.41 Å². The molecule has 1 aromatic heterocycles.